The van der Waals surface area contributed by atoms with Crippen molar-refractivity contribution >= 4 is 69.0 Å². The van der Waals surface area contributed by atoms with Gasteiger partial charge in [0.2, 0.25) is 11.7 Å². The molecule has 3 N–H and O–H groups in total. The fourth-order valence-corrected chi connectivity index (χ4v) is 11.1. The van der Waals surface area contributed by atoms with Crippen molar-refractivity contribution in [2.24, 2.45) is 5.16 Å². The summed E-state index contributed by atoms with van der Waals surface area (Å²) in [5, 5.41) is 22.5. The number of nitrogens with one attached hydrogen (secondary N) is 2. The number of methoxy groups -OCH3 is 1. The van der Waals surface area contributed by atoms with Crippen LogP contribution in [-0.4, -0.2) is 81.0 Å². The number of amides is 2. The number of rotatable bonds is 20. The molecule has 2 aliphatic rings. The minimum absolute atomic E-state index is 0.0992. The normalized spacial score (nSPS) is 15.5. The molecule has 0 aliphatic carbocycles. The molecule has 0 unspecified atom stereocenters. The molecule has 0 radical (unpaired) electrons. The van der Waals surface area contributed by atoms with E-state index in [2.05, 4.69) is 15.8 Å². The molecule has 2 aliphatic heterocycles. The van der Waals surface area contributed by atoms with Crippen molar-refractivity contribution in [3.63, 3.8) is 0 Å². The lowest BCUT2D eigenvalue weighted by Crippen LogP contribution is -2.71. The molecule has 1 saturated heterocycles. The van der Waals surface area contributed by atoms with E-state index in [1.807, 2.05) is 176 Å². The number of nitrogens with zero attached hydrogens (tertiary/aromatic N) is 3. The molecule has 0 saturated carbocycles. The molecular formula is C56H49N5O8S3. The Kier molecular flexibility index (Phi) is 15.8. The number of benzene rings is 6. The number of thiazole rings is 1. The second-order valence-corrected chi connectivity index (χ2v) is 19.0. The van der Waals surface area contributed by atoms with Gasteiger partial charge in [0, 0.05) is 17.7 Å². The quantitative estimate of drug-likeness (QED) is 0.0166. The molecule has 0 spiro atoms. The van der Waals surface area contributed by atoms with Gasteiger partial charge in [-0.2, -0.15) is 0 Å². The monoisotopic (exact) mass is 1020 g/mol. The number of aliphatic hydroxyl groups excluding tert-OH is 1. The van der Waals surface area contributed by atoms with E-state index in [0.29, 0.717) is 22.3 Å². The van der Waals surface area contributed by atoms with Crippen molar-refractivity contribution in [3.05, 3.63) is 232 Å². The maximum Gasteiger partial charge on any atom is 0.347 e. The van der Waals surface area contributed by atoms with Crippen molar-refractivity contribution in [1.29, 1.82) is 0 Å². The number of anilines is 1. The molecule has 1 aromatic heterocycles. The van der Waals surface area contributed by atoms with Gasteiger partial charge in [0.25, 0.3) is 11.8 Å². The van der Waals surface area contributed by atoms with Gasteiger partial charge in [-0.05, 0) is 69.7 Å². The molecule has 6 aromatic carbocycles. The van der Waals surface area contributed by atoms with E-state index in [0.717, 1.165) is 39.0 Å². The number of ether oxygens (including phenoxy) is 3. The van der Waals surface area contributed by atoms with E-state index in [4.69, 9.17) is 36.3 Å². The topological polar surface area (TPSA) is 161 Å². The number of hydrogen-bond acceptors (Lipinski definition) is 14. The Morgan fingerprint density at radius 2 is 1.38 bits per heavy atom. The van der Waals surface area contributed by atoms with Crippen molar-refractivity contribution in [2.75, 3.05) is 31.4 Å². The molecule has 9 rings (SSSR count). The number of hydrogen-bond donors (Lipinski definition) is 3. The second kappa shape index (κ2) is 23.1. The van der Waals surface area contributed by atoms with E-state index in [1.165, 1.54) is 28.0 Å². The van der Waals surface area contributed by atoms with Crippen LogP contribution >= 0.6 is 35.3 Å². The zero-order valence-electron chi connectivity index (χ0n) is 39.0. The maximum atomic E-state index is 14.7. The van der Waals surface area contributed by atoms with Gasteiger partial charge >= 0.3 is 5.97 Å². The predicted molar refractivity (Wildman–Crippen MR) is 282 cm³/mol. The Hall–Kier alpha value is -7.63. The predicted octanol–water partition coefficient (Wildman–Crippen LogP) is 9.19. The third kappa shape index (κ3) is 10.8. The first-order valence-electron chi connectivity index (χ1n) is 23.1. The van der Waals surface area contributed by atoms with Gasteiger partial charge in [0.1, 0.15) is 35.0 Å². The van der Waals surface area contributed by atoms with Crippen LogP contribution < -0.4 is 15.4 Å². The number of β-lactam (4-membered cyclic amide) rings is 1. The lowest BCUT2D eigenvalue weighted by Gasteiger charge is -2.50. The Morgan fingerprint density at radius 3 is 1.92 bits per heavy atom. The molecule has 1 fully saturated rings. The zero-order chi connectivity index (χ0) is 49.9. The molecular weight excluding hydrogens is 967 g/mol. The SMILES string of the molecule is COc1ccc(COC(=S)C2=C(CCO)CS[C@@H]3[C@H](NC(=O)/C(=N/OCC(=O)OC(c4ccccc4)c4ccccc4)c4csc(NC(c5ccccc5)(c5ccccc5)c5ccccc5)n4)C(=O)N23)cc1. The van der Waals surface area contributed by atoms with Gasteiger partial charge in [0.15, 0.2) is 16.9 Å². The Bertz CT molecular complexity index is 2920. The fourth-order valence-electron chi connectivity index (χ4n) is 8.63. The Balaban J connectivity index is 0.999. The minimum atomic E-state index is -1.01. The number of thioether (sulfide) groups is 1. The Morgan fingerprint density at radius 1 is 0.819 bits per heavy atom. The van der Waals surface area contributed by atoms with Gasteiger partial charge in [-0.1, -0.05) is 169 Å². The first-order chi connectivity index (χ1) is 35.3. The second-order valence-electron chi connectivity index (χ2n) is 16.6. The minimum Gasteiger partial charge on any atom is -0.497 e. The highest BCUT2D eigenvalue weighted by Gasteiger charge is 2.54. The molecule has 7 aromatic rings. The van der Waals surface area contributed by atoms with Gasteiger partial charge < -0.3 is 34.8 Å². The summed E-state index contributed by atoms with van der Waals surface area (Å²) in [5.74, 6) is -0.814. The fraction of sp³-hybridized carbons (Fsp3) is 0.179. The highest BCUT2D eigenvalue weighted by molar-refractivity contribution is 8.00. The number of carbonyl (C=O) groups excluding carboxylic acids is 3. The van der Waals surface area contributed by atoms with Gasteiger partial charge in [-0.3, -0.25) is 14.5 Å². The number of esters is 1. The van der Waals surface area contributed by atoms with Gasteiger partial charge in [-0.25, -0.2) is 9.78 Å². The van der Waals surface area contributed by atoms with Crippen LogP contribution in [0.2, 0.25) is 0 Å². The molecule has 72 heavy (non-hydrogen) atoms. The molecule has 3 heterocycles. The third-order valence-electron chi connectivity index (χ3n) is 12.1. The van der Waals surface area contributed by atoms with E-state index >= 15 is 0 Å². The van der Waals surface area contributed by atoms with Crippen LogP contribution in [0.4, 0.5) is 5.13 Å². The average molecular weight is 1020 g/mol. The van der Waals surface area contributed by atoms with Crippen LogP contribution in [0.3, 0.4) is 0 Å². The van der Waals surface area contributed by atoms with Crippen LogP contribution in [0.1, 0.15) is 51.6 Å². The molecule has 2 amide bonds. The summed E-state index contributed by atoms with van der Waals surface area (Å²) >= 11 is 8.46. The summed E-state index contributed by atoms with van der Waals surface area (Å²) in [6, 6.07) is 55.0. The van der Waals surface area contributed by atoms with E-state index < -0.39 is 47.4 Å². The van der Waals surface area contributed by atoms with Crippen molar-refractivity contribution in [3.8, 4) is 5.75 Å². The van der Waals surface area contributed by atoms with Crippen LogP contribution in [0.5, 0.6) is 5.75 Å². The van der Waals surface area contributed by atoms with Crippen molar-refractivity contribution in [2.45, 2.75) is 36.1 Å². The van der Waals surface area contributed by atoms with Crippen molar-refractivity contribution in [1.82, 2.24) is 15.2 Å². The van der Waals surface area contributed by atoms with E-state index in [-0.39, 0.29) is 36.1 Å². The number of aromatic nitrogens is 1. The standard InChI is InChI=1S/C56H49N5O8S3/c1-66-44-29-27-37(28-30-44)33-67-54(70)49-40(31-32-62)35-71-53-48(52(65)61(49)53)58-51(64)47(60-68-34-46(63)69-50(38-17-7-2-8-18-38)39-19-9-3-10-20-39)45-36-72-55(57-45)59-56(41-21-11-4-12-22-41,42-23-13-5-14-24-42)43-25-15-6-16-26-43/h2-30,36,48,50,53,62H,31-35H2,1H3,(H,57,59)(H,58,64)/b60-47+/t48-,53-/m1/s1. The highest BCUT2D eigenvalue weighted by atomic mass is 32.2. The maximum absolute atomic E-state index is 14.7. The smallest absolute Gasteiger partial charge is 0.347 e. The first kappa shape index (κ1) is 49.4. The van der Waals surface area contributed by atoms with Gasteiger partial charge in [-0.15, -0.1) is 23.1 Å². The highest BCUT2D eigenvalue weighted by Crippen LogP contribution is 2.43. The van der Waals surface area contributed by atoms with Crippen LogP contribution in [0, 0.1) is 0 Å². The number of fused-ring (bicyclic) bond motifs is 1. The third-order valence-corrected chi connectivity index (χ3v) is 14.5. The molecule has 0 bridgehead atoms. The lowest BCUT2D eigenvalue weighted by molar-refractivity contribution is -0.153. The summed E-state index contributed by atoms with van der Waals surface area (Å²) < 4.78 is 17.3. The largest absolute Gasteiger partial charge is 0.497 e. The summed E-state index contributed by atoms with van der Waals surface area (Å²) in [7, 11) is 1.59. The van der Waals surface area contributed by atoms with Crippen LogP contribution in [0.15, 0.2) is 198 Å². The van der Waals surface area contributed by atoms with Crippen LogP contribution in [0.25, 0.3) is 0 Å². The molecule has 13 nitrogen and oxygen atoms in total. The Labute approximate surface area is 430 Å². The van der Waals surface area contributed by atoms with Gasteiger partial charge in [0.05, 0.1) is 12.8 Å². The summed E-state index contributed by atoms with van der Waals surface area (Å²) in [6.07, 6.45) is -0.462. The number of thiocarbonyl (C=S) groups is 1. The van der Waals surface area contributed by atoms with E-state index in [9.17, 15) is 19.5 Å². The molecule has 16 heteroatoms. The number of carbonyl (C=O) groups is 3. The number of aliphatic hydroxyl groups is 1. The summed E-state index contributed by atoms with van der Waals surface area (Å²) in [5.41, 5.74) is 5.24. The first-order valence-corrected chi connectivity index (χ1v) is 25.4. The van der Waals surface area contributed by atoms with Crippen LogP contribution in [-0.2, 0) is 40.8 Å². The molecule has 2 atom stereocenters. The lowest BCUT2D eigenvalue weighted by atomic mass is 9.77. The average Bonchev–Trinajstić information content (AvgIpc) is 3.90. The summed E-state index contributed by atoms with van der Waals surface area (Å²) in [4.78, 5) is 54.6. The summed E-state index contributed by atoms with van der Waals surface area (Å²) in [6.45, 7) is -0.668. The molecule has 364 valence electrons. The van der Waals surface area contributed by atoms with Crippen molar-refractivity contribution < 1.29 is 38.5 Å². The number of oxime groups is 1. The van der Waals surface area contributed by atoms with E-state index in [1.54, 1.807) is 12.5 Å². The zero-order valence-corrected chi connectivity index (χ0v) is 41.4.